The molecule has 94 valence electrons. The molecule has 0 fully saturated rings. The zero-order valence-electron chi connectivity index (χ0n) is 10.7. The van der Waals surface area contributed by atoms with E-state index in [-0.39, 0.29) is 11.9 Å². The second kappa shape index (κ2) is 5.12. The molecule has 2 aromatic rings. The first-order valence-electron chi connectivity index (χ1n) is 5.88. The van der Waals surface area contributed by atoms with E-state index in [1.165, 1.54) is 6.07 Å². The third-order valence-corrected chi connectivity index (χ3v) is 2.91. The molecule has 1 atom stereocenters. The van der Waals surface area contributed by atoms with Gasteiger partial charge in [-0.2, -0.15) is 0 Å². The fourth-order valence-corrected chi connectivity index (χ4v) is 1.94. The quantitative estimate of drug-likeness (QED) is 0.900. The van der Waals surface area contributed by atoms with Crippen LogP contribution < -0.4 is 5.32 Å². The molecule has 0 amide bonds. The maximum atomic E-state index is 13.7. The monoisotopic (exact) mass is 245 g/mol. The van der Waals surface area contributed by atoms with Gasteiger partial charge in [-0.05, 0) is 32.4 Å². The minimum absolute atomic E-state index is 0.0886. The van der Waals surface area contributed by atoms with Gasteiger partial charge in [-0.1, -0.05) is 12.1 Å². The summed E-state index contributed by atoms with van der Waals surface area (Å²) in [5.74, 6) is -0.247. The van der Waals surface area contributed by atoms with Crippen molar-refractivity contribution in [3.05, 3.63) is 53.4 Å². The summed E-state index contributed by atoms with van der Waals surface area (Å²) >= 11 is 0. The van der Waals surface area contributed by atoms with E-state index >= 15 is 0 Å². The fourth-order valence-electron chi connectivity index (χ4n) is 1.94. The molecule has 0 saturated carbocycles. The standard InChI is InChI=1S/C14H16FN3/c1-9-5-4-6-12(15)13(9)18-11(3)14-10(2)16-7-8-17-14/h4-8,11,18H,1-3H3. The van der Waals surface area contributed by atoms with Crippen molar-refractivity contribution in [2.75, 3.05) is 5.32 Å². The number of rotatable bonds is 3. The SMILES string of the molecule is Cc1cccc(F)c1NC(C)c1nccnc1C. The van der Waals surface area contributed by atoms with Gasteiger partial charge < -0.3 is 5.32 Å². The Bertz CT molecular complexity index is 534. The highest BCUT2D eigenvalue weighted by atomic mass is 19.1. The van der Waals surface area contributed by atoms with Crippen LogP contribution in [-0.4, -0.2) is 9.97 Å². The molecule has 18 heavy (non-hydrogen) atoms. The number of nitrogens with one attached hydrogen (secondary N) is 1. The minimum atomic E-state index is -0.247. The van der Waals surface area contributed by atoms with E-state index in [0.29, 0.717) is 5.69 Å². The second-order valence-electron chi connectivity index (χ2n) is 4.32. The predicted molar refractivity (Wildman–Crippen MR) is 69.9 cm³/mol. The smallest absolute Gasteiger partial charge is 0.146 e. The Morgan fingerprint density at radius 2 is 1.89 bits per heavy atom. The summed E-state index contributed by atoms with van der Waals surface area (Å²) < 4.78 is 13.7. The summed E-state index contributed by atoms with van der Waals surface area (Å²) in [4.78, 5) is 8.48. The van der Waals surface area contributed by atoms with Crippen LogP contribution >= 0.6 is 0 Å². The molecule has 4 heteroatoms. The van der Waals surface area contributed by atoms with E-state index in [9.17, 15) is 4.39 Å². The average molecular weight is 245 g/mol. The molecule has 0 aliphatic carbocycles. The number of aryl methyl sites for hydroxylation is 2. The number of nitrogens with zero attached hydrogens (tertiary/aromatic N) is 2. The van der Waals surface area contributed by atoms with Crippen molar-refractivity contribution < 1.29 is 4.39 Å². The van der Waals surface area contributed by atoms with Gasteiger partial charge in [0.25, 0.3) is 0 Å². The Morgan fingerprint density at radius 1 is 1.17 bits per heavy atom. The van der Waals surface area contributed by atoms with Crippen molar-refractivity contribution in [3.8, 4) is 0 Å². The Balaban J connectivity index is 2.27. The van der Waals surface area contributed by atoms with E-state index in [1.54, 1.807) is 18.5 Å². The van der Waals surface area contributed by atoms with E-state index in [4.69, 9.17) is 0 Å². The summed E-state index contributed by atoms with van der Waals surface area (Å²) in [7, 11) is 0. The topological polar surface area (TPSA) is 37.8 Å². The summed E-state index contributed by atoms with van der Waals surface area (Å²) in [6.07, 6.45) is 3.30. The number of hydrogen-bond donors (Lipinski definition) is 1. The van der Waals surface area contributed by atoms with Crippen LogP contribution in [0.1, 0.15) is 29.9 Å². The number of benzene rings is 1. The van der Waals surface area contributed by atoms with E-state index in [0.717, 1.165) is 17.0 Å². The molecule has 0 spiro atoms. The van der Waals surface area contributed by atoms with Crippen molar-refractivity contribution in [3.63, 3.8) is 0 Å². The van der Waals surface area contributed by atoms with Crippen molar-refractivity contribution in [2.45, 2.75) is 26.8 Å². The lowest BCUT2D eigenvalue weighted by Crippen LogP contribution is -2.12. The lowest BCUT2D eigenvalue weighted by atomic mass is 10.1. The molecule has 1 N–H and O–H groups in total. The molecule has 1 unspecified atom stereocenters. The molecule has 0 radical (unpaired) electrons. The fraction of sp³-hybridized carbons (Fsp3) is 0.286. The second-order valence-corrected chi connectivity index (χ2v) is 4.32. The number of aromatic nitrogens is 2. The lowest BCUT2D eigenvalue weighted by molar-refractivity contribution is 0.625. The van der Waals surface area contributed by atoms with E-state index < -0.39 is 0 Å². The van der Waals surface area contributed by atoms with Crippen LogP contribution in [0.4, 0.5) is 10.1 Å². The van der Waals surface area contributed by atoms with Crippen molar-refractivity contribution in [1.29, 1.82) is 0 Å². The van der Waals surface area contributed by atoms with Crippen LogP contribution in [0.25, 0.3) is 0 Å². The molecule has 1 aromatic carbocycles. The van der Waals surface area contributed by atoms with Crippen LogP contribution in [-0.2, 0) is 0 Å². The highest BCUT2D eigenvalue weighted by Gasteiger charge is 2.13. The Hall–Kier alpha value is -1.97. The van der Waals surface area contributed by atoms with Crippen LogP contribution in [0, 0.1) is 19.7 Å². The maximum Gasteiger partial charge on any atom is 0.146 e. The third kappa shape index (κ3) is 2.47. The molecule has 1 heterocycles. The van der Waals surface area contributed by atoms with Gasteiger partial charge in [-0.25, -0.2) is 4.39 Å². The van der Waals surface area contributed by atoms with Crippen LogP contribution in [0.5, 0.6) is 0 Å². The van der Waals surface area contributed by atoms with Crippen molar-refractivity contribution in [2.24, 2.45) is 0 Å². The summed E-state index contributed by atoms with van der Waals surface area (Å²) in [6, 6.07) is 4.94. The minimum Gasteiger partial charge on any atom is -0.374 e. The number of hydrogen-bond acceptors (Lipinski definition) is 3. The van der Waals surface area contributed by atoms with Gasteiger partial charge in [-0.15, -0.1) is 0 Å². The van der Waals surface area contributed by atoms with Gasteiger partial charge in [-0.3, -0.25) is 9.97 Å². The van der Waals surface area contributed by atoms with E-state index in [2.05, 4.69) is 15.3 Å². The summed E-state index contributed by atoms with van der Waals surface area (Å²) in [6.45, 7) is 5.72. The largest absolute Gasteiger partial charge is 0.374 e. The first kappa shape index (κ1) is 12.5. The number of halogens is 1. The molecule has 0 saturated heterocycles. The highest BCUT2D eigenvalue weighted by Crippen LogP contribution is 2.24. The maximum absolute atomic E-state index is 13.7. The van der Waals surface area contributed by atoms with Crippen LogP contribution in [0.15, 0.2) is 30.6 Å². The molecular formula is C14H16FN3. The molecule has 0 bridgehead atoms. The Kier molecular flexibility index (Phi) is 3.55. The Morgan fingerprint density at radius 3 is 2.56 bits per heavy atom. The van der Waals surface area contributed by atoms with Gasteiger partial charge in [0.2, 0.25) is 0 Å². The van der Waals surface area contributed by atoms with Crippen LogP contribution in [0.2, 0.25) is 0 Å². The third-order valence-electron chi connectivity index (χ3n) is 2.91. The first-order valence-corrected chi connectivity index (χ1v) is 5.88. The van der Waals surface area contributed by atoms with Gasteiger partial charge in [0, 0.05) is 12.4 Å². The van der Waals surface area contributed by atoms with Crippen LogP contribution in [0.3, 0.4) is 0 Å². The molecule has 1 aromatic heterocycles. The van der Waals surface area contributed by atoms with Crippen molar-refractivity contribution in [1.82, 2.24) is 9.97 Å². The molecule has 0 aliphatic rings. The molecule has 0 aliphatic heterocycles. The zero-order valence-corrected chi connectivity index (χ0v) is 10.7. The highest BCUT2D eigenvalue weighted by molar-refractivity contribution is 5.52. The van der Waals surface area contributed by atoms with Crippen molar-refractivity contribution >= 4 is 5.69 Å². The summed E-state index contributed by atoms with van der Waals surface area (Å²) in [5.41, 5.74) is 3.09. The number of para-hydroxylation sites is 1. The first-order chi connectivity index (χ1) is 8.59. The van der Waals surface area contributed by atoms with Gasteiger partial charge >= 0.3 is 0 Å². The number of anilines is 1. The summed E-state index contributed by atoms with van der Waals surface area (Å²) in [5, 5.41) is 3.16. The Labute approximate surface area is 106 Å². The molecule has 3 nitrogen and oxygen atoms in total. The van der Waals surface area contributed by atoms with Gasteiger partial charge in [0.15, 0.2) is 0 Å². The molecular weight excluding hydrogens is 229 g/mol. The lowest BCUT2D eigenvalue weighted by Gasteiger charge is -2.18. The van der Waals surface area contributed by atoms with Gasteiger partial charge in [0.05, 0.1) is 23.1 Å². The average Bonchev–Trinajstić information content (AvgIpc) is 2.34. The predicted octanol–water partition coefficient (Wildman–Crippen LogP) is 3.41. The zero-order chi connectivity index (χ0) is 13.1. The van der Waals surface area contributed by atoms with Gasteiger partial charge in [0.1, 0.15) is 5.82 Å². The van der Waals surface area contributed by atoms with E-state index in [1.807, 2.05) is 26.8 Å². The molecule has 2 rings (SSSR count). The normalized spacial score (nSPS) is 12.2.